The molecule has 1 saturated heterocycles. The van der Waals surface area contributed by atoms with Crippen molar-refractivity contribution in [3.63, 3.8) is 0 Å². The summed E-state index contributed by atoms with van der Waals surface area (Å²) in [5.74, 6) is -0.415. The Balaban J connectivity index is 2.08. The number of nitrogens with one attached hydrogen (secondary N) is 1. The van der Waals surface area contributed by atoms with Crippen LogP contribution in [0.25, 0.3) is 0 Å². The predicted molar refractivity (Wildman–Crippen MR) is 82.2 cm³/mol. The van der Waals surface area contributed by atoms with E-state index in [0.29, 0.717) is 30.2 Å². The molecule has 1 fully saturated rings. The lowest BCUT2D eigenvalue weighted by Gasteiger charge is -2.18. The van der Waals surface area contributed by atoms with Crippen molar-refractivity contribution in [3.8, 4) is 0 Å². The summed E-state index contributed by atoms with van der Waals surface area (Å²) in [6.45, 7) is 6.62. The molecule has 1 aromatic carbocycles. The fraction of sp³-hybridized carbons (Fsp3) is 0.600. The fourth-order valence-electron chi connectivity index (χ4n) is 2.35. The van der Waals surface area contributed by atoms with Crippen molar-refractivity contribution in [2.24, 2.45) is 0 Å². The summed E-state index contributed by atoms with van der Waals surface area (Å²) in [7, 11) is -3.24. The first-order chi connectivity index (χ1) is 9.84. The molecule has 1 aliphatic heterocycles. The third-order valence-corrected chi connectivity index (χ3v) is 5.25. The molecule has 0 radical (unpaired) electrons. The maximum absolute atomic E-state index is 12.3. The Hall–Kier alpha value is -1.11. The van der Waals surface area contributed by atoms with E-state index in [0.717, 1.165) is 0 Å². The summed E-state index contributed by atoms with van der Waals surface area (Å²) in [5, 5.41) is 3.17. The Bertz CT molecular complexity index is 583. The molecule has 118 valence electrons. The van der Waals surface area contributed by atoms with Crippen LogP contribution in [0.15, 0.2) is 29.2 Å². The van der Waals surface area contributed by atoms with E-state index in [4.69, 9.17) is 9.47 Å². The smallest absolute Gasteiger partial charge is 0.180 e. The number of benzene rings is 1. The van der Waals surface area contributed by atoms with Gasteiger partial charge in [0.1, 0.15) is 6.10 Å². The third kappa shape index (κ3) is 4.18. The van der Waals surface area contributed by atoms with Crippen LogP contribution in [0.1, 0.15) is 27.2 Å². The molecule has 1 aromatic rings. The molecule has 6 heteroatoms. The lowest BCUT2D eigenvalue weighted by Crippen LogP contribution is -2.26. The summed E-state index contributed by atoms with van der Waals surface area (Å²) in [6, 6.07) is 6.99. The van der Waals surface area contributed by atoms with Crippen LogP contribution in [0.5, 0.6) is 0 Å². The highest BCUT2D eigenvalue weighted by Gasteiger charge is 2.32. The van der Waals surface area contributed by atoms with E-state index in [1.165, 1.54) is 0 Å². The van der Waals surface area contributed by atoms with Gasteiger partial charge in [-0.1, -0.05) is 19.1 Å². The largest absolute Gasteiger partial charge is 0.381 e. The minimum atomic E-state index is -3.24. The Morgan fingerprint density at radius 2 is 2.05 bits per heavy atom. The van der Waals surface area contributed by atoms with Gasteiger partial charge in [0.15, 0.2) is 15.6 Å². The Labute approximate surface area is 126 Å². The van der Waals surface area contributed by atoms with Gasteiger partial charge in [0.2, 0.25) is 0 Å². The minimum absolute atomic E-state index is 0.0815. The molecule has 0 spiro atoms. The number of sulfone groups is 1. The second-order valence-corrected chi connectivity index (χ2v) is 7.72. The number of rotatable bonds is 6. The van der Waals surface area contributed by atoms with Gasteiger partial charge in [0, 0.05) is 6.54 Å². The standard InChI is InChI=1S/C15H23NO4S/c1-4-9-21(17,18)14-8-6-5-7-13(14)16-10-12-11-19-15(2,3)20-12/h5-8,12,16H,4,9-11H2,1-3H3. The van der Waals surface area contributed by atoms with Crippen molar-refractivity contribution in [1.29, 1.82) is 0 Å². The van der Waals surface area contributed by atoms with Gasteiger partial charge in [0.05, 0.1) is 22.9 Å². The van der Waals surface area contributed by atoms with E-state index in [1.807, 2.05) is 26.8 Å². The highest BCUT2D eigenvalue weighted by atomic mass is 32.2. The Morgan fingerprint density at radius 3 is 2.67 bits per heavy atom. The molecule has 2 rings (SSSR count). The summed E-state index contributed by atoms with van der Waals surface area (Å²) >= 11 is 0. The summed E-state index contributed by atoms with van der Waals surface area (Å²) in [5.41, 5.74) is 0.624. The topological polar surface area (TPSA) is 64.6 Å². The number of anilines is 1. The zero-order valence-corrected chi connectivity index (χ0v) is 13.6. The van der Waals surface area contributed by atoms with Crippen LogP contribution in [-0.2, 0) is 19.3 Å². The monoisotopic (exact) mass is 313 g/mol. The zero-order chi connectivity index (χ0) is 15.5. The molecule has 1 unspecified atom stereocenters. The van der Waals surface area contributed by atoms with Gasteiger partial charge in [-0.3, -0.25) is 0 Å². The van der Waals surface area contributed by atoms with E-state index in [9.17, 15) is 8.42 Å². The summed E-state index contributed by atoms with van der Waals surface area (Å²) in [4.78, 5) is 0.352. The maximum Gasteiger partial charge on any atom is 0.180 e. The van der Waals surface area contributed by atoms with Crippen LogP contribution in [0.4, 0.5) is 5.69 Å². The zero-order valence-electron chi connectivity index (χ0n) is 12.8. The van der Waals surface area contributed by atoms with E-state index >= 15 is 0 Å². The van der Waals surface area contributed by atoms with Crippen molar-refractivity contribution in [2.75, 3.05) is 24.2 Å². The van der Waals surface area contributed by atoms with E-state index in [-0.39, 0.29) is 11.9 Å². The van der Waals surface area contributed by atoms with Crippen molar-refractivity contribution in [1.82, 2.24) is 0 Å². The first-order valence-corrected chi connectivity index (χ1v) is 8.87. The molecule has 1 N–H and O–H groups in total. The van der Waals surface area contributed by atoms with Gasteiger partial charge in [-0.2, -0.15) is 0 Å². The molecule has 0 aliphatic carbocycles. The number of ether oxygens (including phenoxy) is 2. The van der Waals surface area contributed by atoms with Crippen molar-refractivity contribution in [3.05, 3.63) is 24.3 Å². The molecule has 0 aromatic heterocycles. The first-order valence-electron chi connectivity index (χ1n) is 7.21. The van der Waals surface area contributed by atoms with Crippen LogP contribution >= 0.6 is 0 Å². The third-order valence-electron chi connectivity index (χ3n) is 3.28. The maximum atomic E-state index is 12.3. The van der Waals surface area contributed by atoms with Gasteiger partial charge in [-0.25, -0.2) is 8.42 Å². The number of hydrogen-bond donors (Lipinski definition) is 1. The van der Waals surface area contributed by atoms with Gasteiger partial charge in [0.25, 0.3) is 0 Å². The molecule has 1 heterocycles. The first kappa shape index (κ1) is 16.3. The van der Waals surface area contributed by atoms with E-state index < -0.39 is 15.6 Å². The predicted octanol–water partition coefficient (Wildman–Crippen LogP) is 2.43. The molecule has 0 saturated carbocycles. The molecule has 0 bridgehead atoms. The van der Waals surface area contributed by atoms with Crippen LogP contribution in [0.3, 0.4) is 0 Å². The van der Waals surface area contributed by atoms with E-state index in [1.54, 1.807) is 18.2 Å². The lowest BCUT2D eigenvalue weighted by atomic mass is 10.3. The van der Waals surface area contributed by atoms with Crippen molar-refractivity contribution < 1.29 is 17.9 Å². The van der Waals surface area contributed by atoms with Crippen LogP contribution < -0.4 is 5.32 Å². The average Bonchev–Trinajstić information content (AvgIpc) is 2.76. The quantitative estimate of drug-likeness (QED) is 0.874. The molecule has 21 heavy (non-hydrogen) atoms. The van der Waals surface area contributed by atoms with Crippen molar-refractivity contribution >= 4 is 15.5 Å². The van der Waals surface area contributed by atoms with Gasteiger partial charge >= 0.3 is 0 Å². The van der Waals surface area contributed by atoms with E-state index in [2.05, 4.69) is 5.32 Å². The van der Waals surface area contributed by atoms with Gasteiger partial charge < -0.3 is 14.8 Å². The van der Waals surface area contributed by atoms with Crippen LogP contribution in [0, 0.1) is 0 Å². The molecule has 1 atom stereocenters. The van der Waals surface area contributed by atoms with Crippen molar-refractivity contribution in [2.45, 2.75) is 44.0 Å². The SMILES string of the molecule is CCCS(=O)(=O)c1ccccc1NCC1COC(C)(C)O1. The fourth-order valence-corrected chi connectivity index (χ4v) is 3.87. The number of para-hydroxylation sites is 1. The Kier molecular flexibility index (Phi) is 4.91. The normalized spacial score (nSPS) is 21.4. The molecular weight excluding hydrogens is 290 g/mol. The van der Waals surface area contributed by atoms with Gasteiger partial charge in [-0.05, 0) is 32.4 Å². The second-order valence-electron chi connectivity index (χ2n) is 5.65. The molecular formula is C15H23NO4S. The molecule has 5 nitrogen and oxygen atoms in total. The lowest BCUT2D eigenvalue weighted by molar-refractivity contribution is -0.136. The molecule has 1 aliphatic rings. The second kappa shape index (κ2) is 6.34. The Morgan fingerprint density at radius 1 is 1.33 bits per heavy atom. The number of hydrogen-bond acceptors (Lipinski definition) is 5. The summed E-state index contributed by atoms with van der Waals surface area (Å²) < 4.78 is 35.7. The van der Waals surface area contributed by atoms with Gasteiger partial charge in [-0.15, -0.1) is 0 Å². The highest BCUT2D eigenvalue weighted by molar-refractivity contribution is 7.91. The molecule has 0 amide bonds. The van der Waals surface area contributed by atoms with Crippen LogP contribution in [-0.4, -0.2) is 39.2 Å². The summed E-state index contributed by atoms with van der Waals surface area (Å²) in [6.07, 6.45) is 0.520. The minimum Gasteiger partial charge on any atom is -0.381 e. The average molecular weight is 313 g/mol. The highest BCUT2D eigenvalue weighted by Crippen LogP contribution is 2.25. The van der Waals surface area contributed by atoms with Crippen LogP contribution in [0.2, 0.25) is 0 Å².